The van der Waals surface area contributed by atoms with Crippen molar-refractivity contribution in [1.82, 2.24) is 4.90 Å². The molecule has 0 unspecified atom stereocenters. The fraction of sp³-hybridized carbons (Fsp3) is 0.294. The van der Waals surface area contributed by atoms with E-state index in [1.807, 2.05) is 24.3 Å². The van der Waals surface area contributed by atoms with Crippen molar-refractivity contribution < 1.29 is 10.2 Å². The van der Waals surface area contributed by atoms with Crippen LogP contribution in [-0.4, -0.2) is 21.2 Å². The molecule has 2 aliphatic rings. The molecule has 0 radical (unpaired) electrons. The van der Waals surface area contributed by atoms with Gasteiger partial charge in [-0.3, -0.25) is 4.90 Å². The summed E-state index contributed by atoms with van der Waals surface area (Å²) in [5.41, 5.74) is 4.67. The van der Waals surface area contributed by atoms with Crippen LogP contribution in [0, 0.1) is 0 Å². The van der Waals surface area contributed by atoms with Crippen LogP contribution in [0.2, 0.25) is 0 Å². The topological polar surface area (TPSA) is 43.7 Å². The summed E-state index contributed by atoms with van der Waals surface area (Å²) in [4.78, 5) is 2.45. The Balaban J connectivity index is 1.90. The number of rotatable bonds is 1. The van der Waals surface area contributed by atoms with E-state index in [2.05, 4.69) is 4.90 Å². The first-order chi connectivity index (χ1) is 9.70. The normalized spacial score (nSPS) is 18.2. The Hall–Kier alpha value is -2.00. The van der Waals surface area contributed by atoms with Crippen molar-refractivity contribution in [2.45, 2.75) is 32.0 Å². The molecular formula is C17H17NO2. The van der Waals surface area contributed by atoms with Gasteiger partial charge in [-0.2, -0.15) is 0 Å². The molecule has 0 aromatic heterocycles. The lowest BCUT2D eigenvalue weighted by atomic mass is 9.96. The molecule has 0 atom stereocenters. The van der Waals surface area contributed by atoms with Gasteiger partial charge in [0.15, 0.2) is 0 Å². The average Bonchev–Trinajstić information content (AvgIpc) is 3.23. The highest BCUT2D eigenvalue weighted by Gasteiger charge is 2.31. The summed E-state index contributed by atoms with van der Waals surface area (Å²) < 4.78 is 0. The quantitative estimate of drug-likeness (QED) is 0.833. The first-order valence-electron chi connectivity index (χ1n) is 7.09. The third-order valence-corrected chi connectivity index (χ3v) is 4.28. The monoisotopic (exact) mass is 267 g/mol. The van der Waals surface area contributed by atoms with Gasteiger partial charge in [0.2, 0.25) is 0 Å². The zero-order valence-electron chi connectivity index (χ0n) is 11.2. The van der Waals surface area contributed by atoms with Crippen LogP contribution < -0.4 is 0 Å². The minimum Gasteiger partial charge on any atom is -0.508 e. The smallest absolute Gasteiger partial charge is 0.115 e. The average molecular weight is 267 g/mol. The molecule has 1 heterocycles. The van der Waals surface area contributed by atoms with Crippen LogP contribution in [0.3, 0.4) is 0 Å². The molecule has 0 amide bonds. The summed E-state index contributed by atoms with van der Waals surface area (Å²) in [6, 6.07) is 11.8. The van der Waals surface area contributed by atoms with Gasteiger partial charge in [0.05, 0.1) is 0 Å². The lowest BCUT2D eigenvalue weighted by Gasteiger charge is -2.20. The Labute approximate surface area is 118 Å². The summed E-state index contributed by atoms with van der Waals surface area (Å²) >= 11 is 0. The van der Waals surface area contributed by atoms with Crippen molar-refractivity contribution in [2.75, 3.05) is 0 Å². The summed E-state index contributed by atoms with van der Waals surface area (Å²) in [6.45, 7) is 1.73. The van der Waals surface area contributed by atoms with Crippen molar-refractivity contribution in [1.29, 1.82) is 0 Å². The number of nitrogens with zero attached hydrogens (tertiary/aromatic N) is 1. The molecule has 1 aliphatic heterocycles. The molecule has 4 rings (SSSR count). The number of hydrogen-bond acceptors (Lipinski definition) is 3. The summed E-state index contributed by atoms with van der Waals surface area (Å²) in [5.74, 6) is 0.642. The molecule has 2 aromatic carbocycles. The van der Waals surface area contributed by atoms with Crippen LogP contribution in [-0.2, 0) is 13.1 Å². The van der Waals surface area contributed by atoms with Crippen LogP contribution in [0.25, 0.3) is 11.1 Å². The highest BCUT2D eigenvalue weighted by molar-refractivity contribution is 5.73. The Morgan fingerprint density at radius 1 is 0.800 bits per heavy atom. The fourth-order valence-electron chi connectivity index (χ4n) is 3.14. The fourth-order valence-corrected chi connectivity index (χ4v) is 3.14. The maximum absolute atomic E-state index is 9.75. The minimum atomic E-state index is 0.321. The SMILES string of the molecule is Oc1ccc2c(c1)CN(C1CC1)Cc1cc(O)ccc1-2. The summed E-state index contributed by atoms with van der Waals surface area (Å²) in [6.07, 6.45) is 2.50. The molecule has 0 spiro atoms. The number of phenols is 2. The van der Waals surface area contributed by atoms with Gasteiger partial charge >= 0.3 is 0 Å². The molecule has 1 saturated carbocycles. The maximum Gasteiger partial charge on any atom is 0.115 e. The zero-order valence-corrected chi connectivity index (χ0v) is 11.2. The van der Waals surface area contributed by atoms with Crippen LogP contribution in [0.4, 0.5) is 0 Å². The second kappa shape index (κ2) is 4.25. The van der Waals surface area contributed by atoms with E-state index in [4.69, 9.17) is 0 Å². The van der Waals surface area contributed by atoms with Crippen LogP contribution in [0.5, 0.6) is 11.5 Å². The van der Waals surface area contributed by atoms with Crippen molar-refractivity contribution >= 4 is 0 Å². The van der Waals surface area contributed by atoms with E-state index in [1.165, 1.54) is 35.1 Å². The van der Waals surface area contributed by atoms with Crippen LogP contribution in [0.15, 0.2) is 36.4 Å². The Morgan fingerprint density at radius 3 is 1.75 bits per heavy atom. The standard InChI is InChI=1S/C17H17NO2/c19-14-3-5-16-11(7-14)9-18(13-1-2-13)10-12-8-15(20)4-6-17(12)16/h3-8,13,19-20H,1-2,9-10H2. The number of fused-ring (bicyclic) bond motifs is 3. The lowest BCUT2D eigenvalue weighted by Crippen LogP contribution is -2.23. The minimum absolute atomic E-state index is 0.321. The molecule has 2 aromatic rings. The van der Waals surface area contributed by atoms with Crippen LogP contribution in [0.1, 0.15) is 24.0 Å². The second-order valence-electron chi connectivity index (χ2n) is 5.82. The summed E-state index contributed by atoms with van der Waals surface area (Å²) in [5, 5.41) is 19.5. The third-order valence-electron chi connectivity index (χ3n) is 4.28. The van der Waals surface area contributed by atoms with Crippen molar-refractivity contribution in [3.63, 3.8) is 0 Å². The van der Waals surface area contributed by atoms with Crippen LogP contribution >= 0.6 is 0 Å². The highest BCUT2D eigenvalue weighted by atomic mass is 16.3. The molecule has 0 saturated heterocycles. The van der Waals surface area contributed by atoms with E-state index in [0.717, 1.165) is 13.1 Å². The molecule has 0 bridgehead atoms. The van der Waals surface area contributed by atoms with E-state index in [-0.39, 0.29) is 0 Å². The molecule has 1 fully saturated rings. The molecule has 3 nitrogen and oxygen atoms in total. The maximum atomic E-state index is 9.75. The lowest BCUT2D eigenvalue weighted by molar-refractivity contribution is 0.248. The predicted molar refractivity (Wildman–Crippen MR) is 77.5 cm³/mol. The molecule has 20 heavy (non-hydrogen) atoms. The summed E-state index contributed by atoms with van der Waals surface area (Å²) in [7, 11) is 0. The van der Waals surface area contributed by atoms with E-state index >= 15 is 0 Å². The van der Waals surface area contributed by atoms with Gasteiger partial charge in [-0.05, 0) is 59.4 Å². The van der Waals surface area contributed by atoms with Gasteiger partial charge in [0, 0.05) is 19.1 Å². The largest absolute Gasteiger partial charge is 0.508 e. The van der Waals surface area contributed by atoms with Gasteiger partial charge in [0.25, 0.3) is 0 Å². The van der Waals surface area contributed by atoms with Gasteiger partial charge in [-0.1, -0.05) is 12.1 Å². The number of aromatic hydroxyl groups is 2. The van der Waals surface area contributed by atoms with Gasteiger partial charge in [0.1, 0.15) is 11.5 Å². The zero-order chi connectivity index (χ0) is 13.7. The second-order valence-corrected chi connectivity index (χ2v) is 5.82. The van der Waals surface area contributed by atoms with Gasteiger partial charge in [-0.25, -0.2) is 0 Å². The Bertz CT molecular complexity index is 623. The Morgan fingerprint density at radius 2 is 1.30 bits per heavy atom. The molecule has 102 valence electrons. The van der Waals surface area contributed by atoms with Crippen molar-refractivity contribution in [3.8, 4) is 22.6 Å². The Kier molecular flexibility index (Phi) is 2.51. The number of hydrogen-bond donors (Lipinski definition) is 2. The van der Waals surface area contributed by atoms with E-state index < -0.39 is 0 Å². The number of phenolic OH excluding ortho intramolecular Hbond substituents is 2. The predicted octanol–water partition coefficient (Wildman–Crippen LogP) is 3.24. The van der Waals surface area contributed by atoms with Crippen molar-refractivity contribution in [2.24, 2.45) is 0 Å². The molecule has 3 heteroatoms. The van der Waals surface area contributed by atoms with Crippen molar-refractivity contribution in [3.05, 3.63) is 47.5 Å². The molecular weight excluding hydrogens is 250 g/mol. The third kappa shape index (κ3) is 1.95. The van der Waals surface area contributed by atoms with E-state index in [9.17, 15) is 10.2 Å². The van der Waals surface area contributed by atoms with Gasteiger partial charge < -0.3 is 10.2 Å². The number of benzene rings is 2. The van der Waals surface area contributed by atoms with E-state index in [0.29, 0.717) is 17.5 Å². The first kappa shape index (κ1) is 11.8. The first-order valence-corrected chi connectivity index (χ1v) is 7.09. The highest BCUT2D eigenvalue weighted by Crippen LogP contribution is 2.39. The van der Waals surface area contributed by atoms with E-state index in [1.54, 1.807) is 12.1 Å². The molecule has 1 aliphatic carbocycles. The molecule has 2 N–H and O–H groups in total. The van der Waals surface area contributed by atoms with Gasteiger partial charge in [-0.15, -0.1) is 0 Å².